The van der Waals surface area contributed by atoms with E-state index >= 15 is 0 Å². The number of rotatable bonds is 6. The van der Waals surface area contributed by atoms with Crippen LogP contribution in [-0.4, -0.2) is 19.1 Å². The molecule has 1 aliphatic heterocycles. The van der Waals surface area contributed by atoms with Crippen LogP contribution in [0.15, 0.2) is 60.7 Å². The lowest BCUT2D eigenvalue weighted by Gasteiger charge is -2.38. The van der Waals surface area contributed by atoms with Crippen LogP contribution in [0.25, 0.3) is 0 Å². The minimum atomic E-state index is -0.228. The Kier molecular flexibility index (Phi) is 5.99. The molecule has 4 rings (SSSR count). The molecule has 4 heteroatoms. The average molecular weight is 416 g/mol. The van der Waals surface area contributed by atoms with Gasteiger partial charge in [0.25, 0.3) is 0 Å². The second-order valence-electron chi connectivity index (χ2n) is 7.96. The Morgan fingerprint density at radius 2 is 1.55 bits per heavy atom. The number of nitrogens with zero attached hydrogens (tertiary/aromatic N) is 1. The van der Waals surface area contributed by atoms with Crippen LogP contribution in [0.3, 0.4) is 0 Å². The molecule has 0 spiro atoms. The van der Waals surface area contributed by atoms with Gasteiger partial charge < -0.3 is 14.4 Å². The SMILES string of the molecule is CCOc1cc2c(cc1OCC)[C@H](c1cccc(C)c1)N(c1ccc(C)cc1)C(=O)C2. The van der Waals surface area contributed by atoms with E-state index in [0.717, 1.165) is 33.7 Å². The predicted molar refractivity (Wildman–Crippen MR) is 124 cm³/mol. The molecule has 0 aliphatic carbocycles. The number of anilines is 1. The van der Waals surface area contributed by atoms with E-state index in [-0.39, 0.29) is 11.9 Å². The summed E-state index contributed by atoms with van der Waals surface area (Å²) in [6.45, 7) is 9.15. The first-order chi connectivity index (χ1) is 15.0. The Hall–Kier alpha value is -3.27. The molecule has 0 unspecified atom stereocenters. The summed E-state index contributed by atoms with van der Waals surface area (Å²) in [5.41, 5.74) is 6.39. The van der Waals surface area contributed by atoms with Crippen molar-refractivity contribution >= 4 is 11.6 Å². The van der Waals surface area contributed by atoms with E-state index < -0.39 is 0 Å². The van der Waals surface area contributed by atoms with Gasteiger partial charge in [-0.2, -0.15) is 0 Å². The number of aryl methyl sites for hydroxylation is 2. The third kappa shape index (κ3) is 4.15. The Balaban J connectivity index is 1.93. The second-order valence-corrected chi connectivity index (χ2v) is 7.96. The predicted octanol–water partition coefficient (Wildman–Crippen LogP) is 5.78. The number of amides is 1. The second kappa shape index (κ2) is 8.84. The maximum absolute atomic E-state index is 13.4. The van der Waals surface area contributed by atoms with E-state index in [4.69, 9.17) is 9.47 Å². The zero-order chi connectivity index (χ0) is 22.0. The van der Waals surface area contributed by atoms with E-state index in [1.165, 1.54) is 5.56 Å². The molecule has 0 fully saturated rings. The molecule has 1 amide bonds. The van der Waals surface area contributed by atoms with Crippen molar-refractivity contribution in [3.8, 4) is 11.5 Å². The summed E-state index contributed by atoms with van der Waals surface area (Å²) in [6, 6.07) is 20.4. The summed E-state index contributed by atoms with van der Waals surface area (Å²) in [5.74, 6) is 1.50. The number of carbonyl (C=O) groups is 1. The Labute approximate surface area is 184 Å². The largest absolute Gasteiger partial charge is 0.490 e. The van der Waals surface area contributed by atoms with Crippen molar-refractivity contribution in [3.05, 3.63) is 88.5 Å². The van der Waals surface area contributed by atoms with Crippen LogP contribution in [0.2, 0.25) is 0 Å². The van der Waals surface area contributed by atoms with E-state index in [0.29, 0.717) is 25.4 Å². The molecule has 0 bridgehead atoms. The molecule has 3 aromatic rings. The van der Waals surface area contributed by atoms with Gasteiger partial charge in [-0.25, -0.2) is 0 Å². The summed E-state index contributed by atoms with van der Waals surface area (Å²) in [6.07, 6.45) is 0.331. The lowest BCUT2D eigenvalue weighted by Crippen LogP contribution is -2.41. The molecule has 1 heterocycles. The monoisotopic (exact) mass is 415 g/mol. The summed E-state index contributed by atoms with van der Waals surface area (Å²) in [7, 11) is 0. The first-order valence-corrected chi connectivity index (χ1v) is 10.9. The standard InChI is InChI=1S/C27H29NO3/c1-5-30-24-15-21-16-26(29)28(22-12-10-18(3)11-13-22)27(20-9-7-8-19(4)14-20)23(21)17-25(24)31-6-2/h7-15,17,27H,5-6,16H2,1-4H3/t27-/m0/s1. The van der Waals surface area contributed by atoms with Gasteiger partial charge in [0.15, 0.2) is 11.5 Å². The van der Waals surface area contributed by atoms with Crippen LogP contribution in [0.4, 0.5) is 5.69 Å². The van der Waals surface area contributed by atoms with Crippen LogP contribution in [0.1, 0.15) is 47.7 Å². The zero-order valence-corrected chi connectivity index (χ0v) is 18.6. The highest BCUT2D eigenvalue weighted by Crippen LogP contribution is 2.43. The van der Waals surface area contributed by atoms with Crippen molar-refractivity contribution in [2.45, 2.75) is 40.2 Å². The Morgan fingerprint density at radius 1 is 0.871 bits per heavy atom. The molecule has 0 aromatic heterocycles. The lowest BCUT2D eigenvalue weighted by molar-refractivity contribution is -0.118. The summed E-state index contributed by atoms with van der Waals surface area (Å²) < 4.78 is 11.7. The maximum atomic E-state index is 13.4. The average Bonchev–Trinajstić information content (AvgIpc) is 2.75. The number of benzene rings is 3. The van der Waals surface area contributed by atoms with Crippen LogP contribution in [0.5, 0.6) is 11.5 Å². The van der Waals surface area contributed by atoms with E-state index in [9.17, 15) is 4.79 Å². The first-order valence-electron chi connectivity index (χ1n) is 10.9. The molecular weight excluding hydrogens is 386 g/mol. The van der Waals surface area contributed by atoms with E-state index in [2.05, 4.69) is 56.3 Å². The van der Waals surface area contributed by atoms with Gasteiger partial charge in [-0.1, -0.05) is 47.5 Å². The Bertz CT molecular complexity index is 1090. The molecule has 0 N–H and O–H groups in total. The smallest absolute Gasteiger partial charge is 0.232 e. The van der Waals surface area contributed by atoms with Gasteiger partial charge in [0, 0.05) is 5.69 Å². The van der Waals surface area contributed by atoms with Crippen molar-refractivity contribution in [2.24, 2.45) is 0 Å². The molecule has 31 heavy (non-hydrogen) atoms. The number of ether oxygens (including phenoxy) is 2. The van der Waals surface area contributed by atoms with Crippen LogP contribution >= 0.6 is 0 Å². The van der Waals surface area contributed by atoms with Gasteiger partial charge in [0.1, 0.15) is 0 Å². The summed E-state index contributed by atoms with van der Waals surface area (Å²) in [4.78, 5) is 15.4. The molecule has 1 aliphatic rings. The van der Waals surface area contributed by atoms with Gasteiger partial charge >= 0.3 is 0 Å². The van der Waals surface area contributed by atoms with Crippen molar-refractivity contribution in [2.75, 3.05) is 18.1 Å². The summed E-state index contributed by atoms with van der Waals surface area (Å²) >= 11 is 0. The third-order valence-electron chi connectivity index (χ3n) is 5.64. The number of hydrogen-bond donors (Lipinski definition) is 0. The minimum Gasteiger partial charge on any atom is -0.490 e. The van der Waals surface area contributed by atoms with Gasteiger partial charge in [0.2, 0.25) is 5.91 Å². The molecule has 0 saturated heterocycles. The molecule has 0 radical (unpaired) electrons. The van der Waals surface area contributed by atoms with E-state index in [1.807, 2.05) is 36.9 Å². The normalized spacial score (nSPS) is 15.5. The fraction of sp³-hybridized carbons (Fsp3) is 0.296. The molecule has 1 atom stereocenters. The fourth-order valence-corrected chi connectivity index (χ4v) is 4.26. The quantitative estimate of drug-likeness (QED) is 0.512. The molecule has 160 valence electrons. The number of carbonyl (C=O) groups excluding carboxylic acids is 1. The zero-order valence-electron chi connectivity index (χ0n) is 18.6. The third-order valence-corrected chi connectivity index (χ3v) is 5.64. The highest BCUT2D eigenvalue weighted by molar-refractivity contribution is 5.98. The molecule has 3 aromatic carbocycles. The summed E-state index contributed by atoms with van der Waals surface area (Å²) in [5, 5.41) is 0. The van der Waals surface area contributed by atoms with Crippen LogP contribution in [-0.2, 0) is 11.2 Å². The number of hydrogen-bond acceptors (Lipinski definition) is 3. The van der Waals surface area contributed by atoms with Gasteiger partial charge in [0.05, 0.1) is 25.7 Å². The molecule has 0 saturated carbocycles. The Morgan fingerprint density at radius 3 is 2.19 bits per heavy atom. The van der Waals surface area contributed by atoms with Crippen LogP contribution in [0, 0.1) is 13.8 Å². The lowest BCUT2D eigenvalue weighted by atomic mass is 9.86. The highest BCUT2D eigenvalue weighted by Gasteiger charge is 2.36. The topological polar surface area (TPSA) is 38.8 Å². The first kappa shape index (κ1) is 21.0. The fourth-order valence-electron chi connectivity index (χ4n) is 4.26. The van der Waals surface area contributed by atoms with Gasteiger partial charge in [-0.05, 0) is 68.7 Å². The molecule has 4 nitrogen and oxygen atoms in total. The van der Waals surface area contributed by atoms with Crippen molar-refractivity contribution in [1.82, 2.24) is 0 Å². The van der Waals surface area contributed by atoms with Crippen LogP contribution < -0.4 is 14.4 Å². The minimum absolute atomic E-state index is 0.0782. The van der Waals surface area contributed by atoms with Gasteiger partial charge in [-0.3, -0.25) is 4.79 Å². The number of fused-ring (bicyclic) bond motifs is 1. The van der Waals surface area contributed by atoms with Crippen molar-refractivity contribution < 1.29 is 14.3 Å². The molecular formula is C27H29NO3. The van der Waals surface area contributed by atoms with Crippen molar-refractivity contribution in [3.63, 3.8) is 0 Å². The van der Waals surface area contributed by atoms with Gasteiger partial charge in [-0.15, -0.1) is 0 Å². The van der Waals surface area contributed by atoms with E-state index in [1.54, 1.807) is 0 Å². The maximum Gasteiger partial charge on any atom is 0.232 e. The highest BCUT2D eigenvalue weighted by atomic mass is 16.5. The van der Waals surface area contributed by atoms with Crippen molar-refractivity contribution in [1.29, 1.82) is 0 Å².